The third-order valence-corrected chi connectivity index (χ3v) is 20.5. The normalized spacial score (nSPS) is 13.2. The highest BCUT2D eigenvalue weighted by Gasteiger charge is 2.39. The summed E-state index contributed by atoms with van der Waals surface area (Å²) in [4.78, 5) is 23.5. The Morgan fingerprint density at radius 3 is 1.21 bits per heavy atom. The number of carbonyl (C=O) groups excluding carboxylic acids is 2. The topological polar surface area (TPSA) is 108 Å². The van der Waals surface area contributed by atoms with Gasteiger partial charge in [0.1, 0.15) is 13.2 Å². The zero-order valence-corrected chi connectivity index (χ0v) is 31.7. The van der Waals surface area contributed by atoms with Gasteiger partial charge < -0.3 is 36.0 Å². The molecule has 0 amide bonds. The fraction of sp³-hybridized carbons (Fsp3) is 0.917. The summed E-state index contributed by atoms with van der Waals surface area (Å²) < 4.78 is 44.8. The summed E-state index contributed by atoms with van der Waals surface area (Å²) in [5, 5.41) is 0. The van der Waals surface area contributed by atoms with E-state index in [4.69, 9.17) is 36.0 Å². The Hall–Kier alpha value is -0.536. The molecule has 0 saturated carbocycles. The maximum absolute atomic E-state index is 11.8. The van der Waals surface area contributed by atoms with Crippen LogP contribution in [0.3, 0.4) is 0 Å². The first-order valence-corrected chi connectivity index (χ1v) is 29.8. The van der Waals surface area contributed by atoms with Gasteiger partial charge in [0.25, 0.3) is 0 Å². The first-order valence-electron chi connectivity index (χ1n) is 13.9. The van der Waals surface area contributed by atoms with Gasteiger partial charge in [-0.05, 0) is 103 Å². The largest absolute Gasteiger partial charge is 0.508 e. The van der Waals surface area contributed by atoms with Crippen molar-refractivity contribution in [3.63, 3.8) is 0 Å². The van der Waals surface area contributed by atoms with Crippen LogP contribution in [0.25, 0.3) is 0 Å². The van der Waals surface area contributed by atoms with Crippen LogP contribution in [0.2, 0.25) is 90.7 Å². The molecule has 0 aromatic carbocycles. The second-order valence-corrected chi connectivity index (χ2v) is 35.2. The Kier molecular flexibility index (Phi) is 17.2. The van der Waals surface area contributed by atoms with E-state index >= 15 is 0 Å². The fourth-order valence-corrected chi connectivity index (χ4v) is 24.6. The van der Waals surface area contributed by atoms with E-state index in [-0.39, 0.29) is 33.0 Å². The van der Waals surface area contributed by atoms with Gasteiger partial charge in [-0.15, -0.1) is 0 Å². The molecule has 0 spiro atoms. The summed E-state index contributed by atoms with van der Waals surface area (Å²) in [7, 11) is -9.16. The predicted molar refractivity (Wildman–Crippen MR) is 167 cm³/mol. The lowest BCUT2D eigenvalue weighted by molar-refractivity contribution is 0.00612. The van der Waals surface area contributed by atoms with Gasteiger partial charge in [-0.1, -0.05) is 0 Å². The van der Waals surface area contributed by atoms with Crippen molar-refractivity contribution in [3.05, 3.63) is 0 Å². The van der Waals surface area contributed by atoms with E-state index in [0.717, 1.165) is 18.5 Å². The Morgan fingerprint density at radius 2 is 0.821 bits per heavy atom. The molecule has 0 N–H and O–H groups in total. The Bertz CT molecular complexity index is 702. The third-order valence-electron chi connectivity index (χ3n) is 4.66. The summed E-state index contributed by atoms with van der Waals surface area (Å²) in [5.74, 6) is 0. The van der Waals surface area contributed by atoms with Crippen LogP contribution >= 0.6 is 0 Å². The molecule has 0 rings (SSSR count). The van der Waals surface area contributed by atoms with Crippen molar-refractivity contribution in [1.29, 1.82) is 0 Å². The minimum absolute atomic E-state index is 0.0480. The van der Waals surface area contributed by atoms with Gasteiger partial charge >= 0.3 is 20.9 Å². The van der Waals surface area contributed by atoms with E-state index in [1.54, 1.807) is 0 Å². The number of carbonyl (C=O) groups is 2. The number of ether oxygens (including phenoxy) is 5. The fourth-order valence-electron chi connectivity index (χ4n) is 4.05. The maximum Gasteiger partial charge on any atom is 0.508 e. The highest BCUT2D eigenvalue weighted by atomic mass is 28.5. The average molecular weight is 645 g/mol. The van der Waals surface area contributed by atoms with E-state index in [1.165, 1.54) is 0 Å². The Morgan fingerprint density at radius 1 is 0.462 bits per heavy atom. The first-order chi connectivity index (χ1) is 17.6. The van der Waals surface area contributed by atoms with Crippen molar-refractivity contribution in [2.45, 2.75) is 103 Å². The number of hydrogen-bond acceptors (Lipinski definition) is 10. The van der Waals surface area contributed by atoms with Crippen LogP contribution in [-0.2, 0) is 36.0 Å². The van der Waals surface area contributed by atoms with Crippen LogP contribution in [0, 0.1) is 0 Å². The Labute approximate surface area is 242 Å². The van der Waals surface area contributed by atoms with Crippen LogP contribution in [-0.4, -0.2) is 93.8 Å². The quantitative estimate of drug-likeness (QED) is 0.0787. The zero-order chi connectivity index (χ0) is 30.4. The Balaban J connectivity index is 3.92. The van der Waals surface area contributed by atoms with Crippen molar-refractivity contribution in [2.75, 3.05) is 39.6 Å². The van der Waals surface area contributed by atoms with Gasteiger partial charge in [-0.2, -0.15) is 0 Å². The molecule has 10 nitrogen and oxygen atoms in total. The molecular weight excluding hydrogens is 589 g/mol. The van der Waals surface area contributed by atoms with Crippen molar-refractivity contribution >= 4 is 54.1 Å². The molecule has 15 heteroatoms. The van der Waals surface area contributed by atoms with E-state index in [9.17, 15) is 9.59 Å². The lowest BCUT2D eigenvalue weighted by atomic mass is 10.5. The summed E-state index contributed by atoms with van der Waals surface area (Å²) in [6.45, 7) is 27.0. The molecule has 0 atom stereocenters. The van der Waals surface area contributed by atoms with Crippen LogP contribution in [0.5, 0.6) is 0 Å². The van der Waals surface area contributed by atoms with Crippen molar-refractivity contribution in [3.8, 4) is 0 Å². The second kappa shape index (κ2) is 17.4. The summed E-state index contributed by atoms with van der Waals surface area (Å²) in [6, 6.07) is 1.68. The van der Waals surface area contributed by atoms with Crippen LogP contribution in [0.15, 0.2) is 0 Å². The minimum Gasteiger partial charge on any atom is -0.456 e. The summed E-state index contributed by atoms with van der Waals surface area (Å²) in [5.41, 5.74) is 0. The standard InChI is InChI=1S/C24H56O10Si5/c1-35(2,3)32-38(10,11)21-13-15-28-23(25)30-19-17-27-18-20-31-24(26)29-16-14-22-39(12,33-36(4,5)6)34-37(7,8)9/h13-22H2,1-12H3. The molecule has 39 heavy (non-hydrogen) atoms. The molecule has 232 valence electrons. The van der Waals surface area contributed by atoms with Crippen LogP contribution in [0.1, 0.15) is 12.8 Å². The smallest absolute Gasteiger partial charge is 0.456 e. The second-order valence-electron chi connectivity index (χ2n) is 13.3. The van der Waals surface area contributed by atoms with E-state index < -0.39 is 54.1 Å². The minimum atomic E-state index is -2.35. The van der Waals surface area contributed by atoms with Crippen LogP contribution in [0.4, 0.5) is 9.59 Å². The number of rotatable bonds is 20. The van der Waals surface area contributed by atoms with Gasteiger partial charge in [0.2, 0.25) is 0 Å². The van der Waals surface area contributed by atoms with Gasteiger partial charge in [0.15, 0.2) is 33.3 Å². The van der Waals surface area contributed by atoms with Gasteiger partial charge in [0.05, 0.1) is 26.4 Å². The summed E-state index contributed by atoms with van der Waals surface area (Å²) in [6.07, 6.45) is -0.0419. The van der Waals surface area contributed by atoms with Gasteiger partial charge in [-0.3, -0.25) is 0 Å². The highest BCUT2D eigenvalue weighted by Crippen LogP contribution is 2.25. The van der Waals surface area contributed by atoms with Crippen molar-refractivity contribution < 1.29 is 45.6 Å². The zero-order valence-electron chi connectivity index (χ0n) is 26.7. The van der Waals surface area contributed by atoms with Crippen molar-refractivity contribution in [1.82, 2.24) is 0 Å². The molecule has 0 bridgehead atoms. The molecule has 0 unspecified atom stereocenters. The predicted octanol–water partition coefficient (Wildman–Crippen LogP) is 6.92. The molecule has 0 aromatic heterocycles. The van der Waals surface area contributed by atoms with E-state index in [1.807, 2.05) is 0 Å². The molecular formula is C24H56O10Si5. The third kappa shape index (κ3) is 24.9. The van der Waals surface area contributed by atoms with Crippen molar-refractivity contribution in [2.24, 2.45) is 0 Å². The van der Waals surface area contributed by atoms with E-state index in [0.29, 0.717) is 13.0 Å². The van der Waals surface area contributed by atoms with Gasteiger partial charge in [0, 0.05) is 0 Å². The lowest BCUT2D eigenvalue weighted by Crippen LogP contribution is -2.52. The van der Waals surface area contributed by atoms with E-state index in [2.05, 4.69) is 78.6 Å². The molecule has 0 radical (unpaired) electrons. The maximum atomic E-state index is 11.8. The molecule has 0 aliphatic carbocycles. The molecule has 0 aliphatic rings. The molecule has 0 aromatic rings. The van der Waals surface area contributed by atoms with Gasteiger partial charge in [-0.25, -0.2) is 9.59 Å². The first kappa shape index (κ1) is 38.5. The summed E-state index contributed by atoms with van der Waals surface area (Å²) >= 11 is 0. The average Bonchev–Trinajstić information content (AvgIpc) is 2.69. The monoisotopic (exact) mass is 644 g/mol. The molecule has 0 heterocycles. The molecule has 0 saturated heterocycles. The lowest BCUT2D eigenvalue weighted by Gasteiger charge is -2.38. The molecule has 0 aliphatic heterocycles. The van der Waals surface area contributed by atoms with Crippen LogP contribution < -0.4 is 0 Å². The highest BCUT2D eigenvalue weighted by molar-refractivity contribution is 6.87. The molecule has 0 fully saturated rings. The number of hydrogen-bond donors (Lipinski definition) is 0. The SMILES string of the molecule is C[Si](C)(C)O[Si](C)(C)CCCOC(=O)OCCOCCOC(=O)OCCC[Si](C)(O[Si](C)(C)C)O[Si](C)(C)C.